The average molecular weight is 297 g/mol. The zero-order valence-electron chi connectivity index (χ0n) is 12.4. The third kappa shape index (κ3) is 4.76. The lowest BCUT2D eigenvalue weighted by Crippen LogP contribution is -2.38. The summed E-state index contributed by atoms with van der Waals surface area (Å²) < 4.78 is 5.38. The second kappa shape index (κ2) is 6.54. The Kier molecular flexibility index (Phi) is 4.99. The van der Waals surface area contributed by atoms with Crippen LogP contribution in [-0.4, -0.2) is 47.3 Å². The molecule has 6 heteroatoms. The van der Waals surface area contributed by atoms with Crippen molar-refractivity contribution in [2.45, 2.75) is 45.3 Å². The zero-order chi connectivity index (χ0) is 14.6. The maximum Gasteiger partial charge on any atom is 0.410 e. The molecule has 1 aromatic rings. The molecule has 2 rings (SSSR count). The van der Waals surface area contributed by atoms with Crippen LogP contribution in [0.3, 0.4) is 0 Å². The highest BCUT2D eigenvalue weighted by atomic mass is 32.1. The predicted octanol–water partition coefficient (Wildman–Crippen LogP) is 2.28. The molecule has 112 valence electrons. The van der Waals surface area contributed by atoms with Crippen molar-refractivity contribution in [1.29, 1.82) is 0 Å². The standard InChI is InChI=1S/C14H23N3O2S/c1-14(2,3)19-13(18)17-7-5-11(8-17)15-6-4-12-9-20-10-16-12/h9-11,15H,4-8H2,1-3H3. The minimum Gasteiger partial charge on any atom is -0.444 e. The number of ether oxygens (including phenoxy) is 1. The highest BCUT2D eigenvalue weighted by Crippen LogP contribution is 2.15. The van der Waals surface area contributed by atoms with Gasteiger partial charge in [-0.2, -0.15) is 0 Å². The van der Waals surface area contributed by atoms with E-state index in [9.17, 15) is 4.79 Å². The van der Waals surface area contributed by atoms with Gasteiger partial charge in [0.1, 0.15) is 5.60 Å². The smallest absolute Gasteiger partial charge is 0.410 e. The largest absolute Gasteiger partial charge is 0.444 e. The summed E-state index contributed by atoms with van der Waals surface area (Å²) >= 11 is 1.62. The minimum atomic E-state index is -0.423. The van der Waals surface area contributed by atoms with Crippen LogP contribution in [-0.2, 0) is 11.2 Å². The van der Waals surface area contributed by atoms with E-state index in [1.807, 2.05) is 26.3 Å². The van der Waals surface area contributed by atoms with Crippen LogP contribution in [0.4, 0.5) is 4.79 Å². The Morgan fingerprint density at radius 1 is 1.60 bits per heavy atom. The van der Waals surface area contributed by atoms with E-state index < -0.39 is 5.60 Å². The fraction of sp³-hybridized carbons (Fsp3) is 0.714. The number of hydrogen-bond donors (Lipinski definition) is 1. The number of nitrogens with zero attached hydrogens (tertiary/aromatic N) is 2. The van der Waals surface area contributed by atoms with Gasteiger partial charge in [-0.15, -0.1) is 11.3 Å². The van der Waals surface area contributed by atoms with Crippen LogP contribution in [0.1, 0.15) is 32.9 Å². The molecule has 20 heavy (non-hydrogen) atoms. The molecule has 0 aliphatic carbocycles. The third-order valence-corrected chi connectivity index (χ3v) is 3.77. The number of thiazole rings is 1. The van der Waals surface area contributed by atoms with Crippen molar-refractivity contribution in [1.82, 2.24) is 15.2 Å². The number of rotatable bonds is 4. The van der Waals surface area contributed by atoms with E-state index in [0.29, 0.717) is 6.04 Å². The number of likely N-dealkylation sites (tertiary alicyclic amines) is 1. The zero-order valence-corrected chi connectivity index (χ0v) is 13.2. The van der Waals surface area contributed by atoms with E-state index in [1.54, 1.807) is 16.2 Å². The van der Waals surface area contributed by atoms with Gasteiger partial charge in [0, 0.05) is 37.5 Å². The van der Waals surface area contributed by atoms with Gasteiger partial charge in [0.15, 0.2) is 0 Å². The van der Waals surface area contributed by atoms with Crippen LogP contribution < -0.4 is 5.32 Å². The monoisotopic (exact) mass is 297 g/mol. The first-order valence-corrected chi connectivity index (χ1v) is 7.97. The summed E-state index contributed by atoms with van der Waals surface area (Å²) in [5.41, 5.74) is 2.56. The molecule has 5 nitrogen and oxygen atoms in total. The van der Waals surface area contributed by atoms with Crippen molar-refractivity contribution in [2.24, 2.45) is 0 Å². The Hall–Kier alpha value is -1.14. The second-order valence-electron chi connectivity index (χ2n) is 6.10. The average Bonchev–Trinajstić information content (AvgIpc) is 2.97. The predicted molar refractivity (Wildman–Crippen MR) is 80.0 cm³/mol. The normalized spacial score (nSPS) is 19.4. The molecule has 1 aromatic heterocycles. The highest BCUT2D eigenvalue weighted by Gasteiger charge is 2.29. The van der Waals surface area contributed by atoms with E-state index in [0.717, 1.165) is 38.2 Å². The molecular weight excluding hydrogens is 274 g/mol. The van der Waals surface area contributed by atoms with Crippen molar-refractivity contribution < 1.29 is 9.53 Å². The van der Waals surface area contributed by atoms with Gasteiger partial charge in [0.2, 0.25) is 0 Å². The van der Waals surface area contributed by atoms with Crippen molar-refractivity contribution in [3.63, 3.8) is 0 Å². The van der Waals surface area contributed by atoms with Gasteiger partial charge >= 0.3 is 6.09 Å². The second-order valence-corrected chi connectivity index (χ2v) is 6.81. The molecule has 0 spiro atoms. The van der Waals surface area contributed by atoms with E-state index in [1.165, 1.54) is 0 Å². The van der Waals surface area contributed by atoms with Gasteiger partial charge in [-0.3, -0.25) is 0 Å². The number of carbonyl (C=O) groups excluding carboxylic acids is 1. The Balaban J connectivity index is 1.68. The molecule has 1 saturated heterocycles. The SMILES string of the molecule is CC(C)(C)OC(=O)N1CCC(NCCc2cscn2)C1. The van der Waals surface area contributed by atoms with Crippen LogP contribution in [0, 0.1) is 0 Å². The summed E-state index contributed by atoms with van der Waals surface area (Å²) in [7, 11) is 0. The van der Waals surface area contributed by atoms with Gasteiger partial charge in [0.25, 0.3) is 0 Å². The molecule has 0 bridgehead atoms. The molecule has 1 atom stereocenters. The van der Waals surface area contributed by atoms with Crippen LogP contribution >= 0.6 is 11.3 Å². The van der Waals surface area contributed by atoms with Gasteiger partial charge in [-0.05, 0) is 27.2 Å². The molecule has 1 unspecified atom stereocenters. The summed E-state index contributed by atoms with van der Waals surface area (Å²) in [5.74, 6) is 0. The molecule has 0 aromatic carbocycles. The Morgan fingerprint density at radius 2 is 2.40 bits per heavy atom. The molecule has 0 radical (unpaired) electrons. The Labute approximate surface area is 124 Å². The highest BCUT2D eigenvalue weighted by molar-refractivity contribution is 7.07. The van der Waals surface area contributed by atoms with Gasteiger partial charge < -0.3 is 15.0 Å². The lowest BCUT2D eigenvalue weighted by molar-refractivity contribution is 0.0291. The fourth-order valence-electron chi connectivity index (χ4n) is 2.18. The summed E-state index contributed by atoms with van der Waals surface area (Å²) in [6.45, 7) is 8.07. The third-order valence-electron chi connectivity index (χ3n) is 3.14. The maximum absolute atomic E-state index is 11.9. The lowest BCUT2D eigenvalue weighted by Gasteiger charge is -2.24. The number of amides is 1. The van der Waals surface area contributed by atoms with E-state index in [4.69, 9.17) is 4.74 Å². The molecule has 1 aliphatic rings. The van der Waals surface area contributed by atoms with Crippen molar-refractivity contribution >= 4 is 17.4 Å². The van der Waals surface area contributed by atoms with Crippen LogP contribution in [0.25, 0.3) is 0 Å². The summed E-state index contributed by atoms with van der Waals surface area (Å²) in [6.07, 6.45) is 1.71. The van der Waals surface area contributed by atoms with Gasteiger partial charge in [0.05, 0.1) is 11.2 Å². The number of nitrogens with one attached hydrogen (secondary N) is 1. The van der Waals surface area contributed by atoms with Crippen LogP contribution in [0.5, 0.6) is 0 Å². The number of aromatic nitrogens is 1. The minimum absolute atomic E-state index is 0.207. The Morgan fingerprint density at radius 3 is 3.05 bits per heavy atom. The first-order chi connectivity index (χ1) is 9.44. The summed E-state index contributed by atoms with van der Waals surface area (Å²) in [6, 6.07) is 0.362. The van der Waals surface area contributed by atoms with E-state index in [2.05, 4.69) is 15.7 Å². The van der Waals surface area contributed by atoms with Crippen molar-refractivity contribution in [3.05, 3.63) is 16.6 Å². The molecule has 1 aliphatic heterocycles. The van der Waals surface area contributed by atoms with Crippen molar-refractivity contribution in [2.75, 3.05) is 19.6 Å². The number of hydrogen-bond acceptors (Lipinski definition) is 5. The van der Waals surface area contributed by atoms with E-state index in [-0.39, 0.29) is 6.09 Å². The first kappa shape index (κ1) is 15.3. The van der Waals surface area contributed by atoms with Crippen molar-refractivity contribution in [3.8, 4) is 0 Å². The number of carbonyl (C=O) groups is 1. The molecule has 1 amide bonds. The fourth-order valence-corrected chi connectivity index (χ4v) is 2.78. The van der Waals surface area contributed by atoms with Crippen LogP contribution in [0.2, 0.25) is 0 Å². The summed E-state index contributed by atoms with van der Waals surface area (Å²) in [4.78, 5) is 18.0. The van der Waals surface area contributed by atoms with Gasteiger partial charge in [-0.1, -0.05) is 0 Å². The molecular formula is C14H23N3O2S. The molecule has 0 saturated carbocycles. The van der Waals surface area contributed by atoms with Gasteiger partial charge in [-0.25, -0.2) is 9.78 Å². The quantitative estimate of drug-likeness (QED) is 0.926. The molecule has 1 fully saturated rings. The van der Waals surface area contributed by atoms with E-state index >= 15 is 0 Å². The lowest BCUT2D eigenvalue weighted by atomic mass is 10.2. The first-order valence-electron chi connectivity index (χ1n) is 7.02. The summed E-state index contributed by atoms with van der Waals surface area (Å²) in [5, 5.41) is 5.56. The molecule has 1 N–H and O–H groups in total. The van der Waals surface area contributed by atoms with Crippen LogP contribution in [0.15, 0.2) is 10.9 Å². The maximum atomic E-state index is 11.9. The molecule has 2 heterocycles. The topological polar surface area (TPSA) is 54.5 Å². The Bertz CT molecular complexity index is 428.